The molecule has 1 saturated carbocycles. The Kier molecular flexibility index (Phi) is 5.40. The maximum atomic E-state index is 12.8. The molecule has 0 aromatic heterocycles. The molecule has 0 saturated heterocycles. The van der Waals surface area contributed by atoms with Gasteiger partial charge in [0.2, 0.25) is 0 Å². The summed E-state index contributed by atoms with van der Waals surface area (Å²) in [4.78, 5) is 12.8. The molecule has 1 amide bonds. The van der Waals surface area contributed by atoms with Crippen molar-refractivity contribution in [3.05, 3.63) is 57.6 Å². The van der Waals surface area contributed by atoms with E-state index in [0.29, 0.717) is 33.0 Å². The van der Waals surface area contributed by atoms with Gasteiger partial charge in [0.25, 0.3) is 5.91 Å². The Hall–Kier alpha value is -1.91. The summed E-state index contributed by atoms with van der Waals surface area (Å²) in [5, 5.41) is 4.12. The van der Waals surface area contributed by atoms with Crippen molar-refractivity contribution in [2.45, 2.75) is 18.9 Å². The van der Waals surface area contributed by atoms with Crippen molar-refractivity contribution in [1.82, 2.24) is 5.32 Å². The van der Waals surface area contributed by atoms with Gasteiger partial charge in [-0.05, 0) is 48.6 Å². The second-order valence-electron chi connectivity index (χ2n) is 6.03. The standard InChI is InChI=1S/C19H19Cl2NO3/c1-24-16-10-13(9-15(21)18(16)25-2)19(23)22-17(11-3-4-11)12-5-7-14(20)8-6-12/h5-11,17H,3-4H2,1-2H3,(H,22,23). The highest BCUT2D eigenvalue weighted by Gasteiger charge is 2.33. The summed E-state index contributed by atoms with van der Waals surface area (Å²) < 4.78 is 10.5. The number of methoxy groups -OCH3 is 2. The van der Waals surface area contributed by atoms with E-state index in [4.69, 9.17) is 32.7 Å². The molecule has 0 aliphatic heterocycles. The highest BCUT2D eigenvalue weighted by molar-refractivity contribution is 6.32. The smallest absolute Gasteiger partial charge is 0.251 e. The Labute approximate surface area is 157 Å². The molecule has 4 nitrogen and oxygen atoms in total. The second kappa shape index (κ2) is 7.54. The van der Waals surface area contributed by atoms with Gasteiger partial charge in [0.15, 0.2) is 11.5 Å². The van der Waals surface area contributed by atoms with Crippen LogP contribution in [0.5, 0.6) is 11.5 Å². The molecular formula is C19H19Cl2NO3. The van der Waals surface area contributed by atoms with Gasteiger partial charge < -0.3 is 14.8 Å². The van der Waals surface area contributed by atoms with Gasteiger partial charge in [-0.2, -0.15) is 0 Å². The van der Waals surface area contributed by atoms with Gasteiger partial charge in [0.1, 0.15) is 0 Å². The fourth-order valence-electron chi connectivity index (χ4n) is 2.85. The quantitative estimate of drug-likeness (QED) is 0.776. The fourth-order valence-corrected chi connectivity index (χ4v) is 3.26. The van der Waals surface area contributed by atoms with Gasteiger partial charge in [-0.15, -0.1) is 0 Å². The lowest BCUT2D eigenvalue weighted by molar-refractivity contribution is 0.0931. The van der Waals surface area contributed by atoms with Crippen molar-refractivity contribution in [3.63, 3.8) is 0 Å². The first-order valence-corrected chi connectivity index (χ1v) is 8.77. The summed E-state index contributed by atoms with van der Waals surface area (Å²) in [5.41, 5.74) is 1.48. The number of hydrogen-bond acceptors (Lipinski definition) is 3. The Balaban J connectivity index is 1.85. The number of rotatable bonds is 6. The lowest BCUT2D eigenvalue weighted by atomic mass is 10.0. The van der Waals surface area contributed by atoms with Crippen LogP contribution < -0.4 is 14.8 Å². The van der Waals surface area contributed by atoms with Crippen LogP contribution in [0.15, 0.2) is 36.4 Å². The fraction of sp³-hybridized carbons (Fsp3) is 0.316. The summed E-state index contributed by atoms with van der Waals surface area (Å²) in [6, 6.07) is 10.8. The third-order valence-corrected chi connectivity index (χ3v) is 4.84. The highest BCUT2D eigenvalue weighted by Crippen LogP contribution is 2.42. The summed E-state index contributed by atoms with van der Waals surface area (Å²) in [6.45, 7) is 0. The normalized spacial score (nSPS) is 14.7. The van der Waals surface area contributed by atoms with Crippen molar-refractivity contribution >= 4 is 29.1 Å². The van der Waals surface area contributed by atoms with Crippen LogP contribution in [0, 0.1) is 5.92 Å². The lowest BCUT2D eigenvalue weighted by Gasteiger charge is -2.20. The third-order valence-electron chi connectivity index (χ3n) is 4.30. The molecule has 2 aromatic rings. The van der Waals surface area contributed by atoms with E-state index in [1.807, 2.05) is 24.3 Å². The Morgan fingerprint density at radius 3 is 2.36 bits per heavy atom. The van der Waals surface area contributed by atoms with Crippen LogP contribution in [0.3, 0.4) is 0 Å². The Morgan fingerprint density at radius 2 is 1.80 bits per heavy atom. The first-order valence-electron chi connectivity index (χ1n) is 8.01. The minimum atomic E-state index is -0.199. The molecule has 132 valence electrons. The number of carbonyl (C=O) groups is 1. The average molecular weight is 380 g/mol. The SMILES string of the molecule is COc1cc(C(=O)NC(c2ccc(Cl)cc2)C2CC2)cc(Cl)c1OC. The van der Waals surface area contributed by atoms with Gasteiger partial charge in [0.05, 0.1) is 25.3 Å². The number of carbonyl (C=O) groups excluding carboxylic acids is 1. The monoisotopic (exact) mass is 379 g/mol. The van der Waals surface area contributed by atoms with Crippen LogP contribution in [0.2, 0.25) is 10.0 Å². The molecule has 6 heteroatoms. The van der Waals surface area contributed by atoms with Gasteiger partial charge in [0, 0.05) is 10.6 Å². The Bertz CT molecular complexity index is 773. The van der Waals surface area contributed by atoms with Crippen LogP contribution in [0.1, 0.15) is 34.8 Å². The van der Waals surface area contributed by atoms with Gasteiger partial charge in [-0.1, -0.05) is 35.3 Å². The van der Waals surface area contributed by atoms with Gasteiger partial charge >= 0.3 is 0 Å². The Morgan fingerprint density at radius 1 is 1.12 bits per heavy atom. The highest BCUT2D eigenvalue weighted by atomic mass is 35.5. The molecule has 1 N–H and O–H groups in total. The summed E-state index contributed by atoms with van der Waals surface area (Å²) >= 11 is 12.2. The van der Waals surface area contributed by atoms with Crippen molar-refractivity contribution in [1.29, 1.82) is 0 Å². The number of nitrogens with one attached hydrogen (secondary N) is 1. The summed E-state index contributed by atoms with van der Waals surface area (Å²) in [5.74, 6) is 1.09. The van der Waals surface area contributed by atoms with Crippen molar-refractivity contribution in [2.24, 2.45) is 5.92 Å². The number of benzene rings is 2. The molecule has 1 aliphatic carbocycles. The zero-order chi connectivity index (χ0) is 18.0. The third kappa shape index (κ3) is 4.02. The van der Waals surface area contributed by atoms with E-state index in [9.17, 15) is 4.79 Å². The summed E-state index contributed by atoms with van der Waals surface area (Å²) in [6.07, 6.45) is 2.19. The van der Waals surface area contributed by atoms with Crippen LogP contribution in [0.25, 0.3) is 0 Å². The van der Waals surface area contributed by atoms with Crippen molar-refractivity contribution in [2.75, 3.05) is 14.2 Å². The van der Waals surface area contributed by atoms with Gasteiger partial charge in [-0.25, -0.2) is 0 Å². The number of ether oxygens (including phenoxy) is 2. The van der Waals surface area contributed by atoms with E-state index in [1.165, 1.54) is 14.2 Å². The molecule has 1 atom stereocenters. The average Bonchev–Trinajstić information content (AvgIpc) is 3.44. The minimum Gasteiger partial charge on any atom is -0.493 e. The maximum absolute atomic E-state index is 12.8. The van der Waals surface area contributed by atoms with Crippen LogP contribution in [-0.4, -0.2) is 20.1 Å². The van der Waals surface area contributed by atoms with E-state index in [0.717, 1.165) is 18.4 Å². The lowest BCUT2D eigenvalue weighted by Crippen LogP contribution is -2.30. The van der Waals surface area contributed by atoms with Gasteiger partial charge in [-0.3, -0.25) is 4.79 Å². The zero-order valence-corrected chi connectivity index (χ0v) is 15.5. The summed E-state index contributed by atoms with van der Waals surface area (Å²) in [7, 11) is 3.02. The van der Waals surface area contributed by atoms with E-state index in [1.54, 1.807) is 12.1 Å². The molecule has 1 unspecified atom stereocenters. The first-order chi connectivity index (χ1) is 12.0. The molecule has 0 heterocycles. The topological polar surface area (TPSA) is 47.6 Å². The van der Waals surface area contributed by atoms with E-state index in [-0.39, 0.29) is 11.9 Å². The van der Waals surface area contributed by atoms with E-state index >= 15 is 0 Å². The molecule has 0 bridgehead atoms. The minimum absolute atomic E-state index is 0.0448. The molecule has 0 spiro atoms. The van der Waals surface area contributed by atoms with Crippen LogP contribution >= 0.6 is 23.2 Å². The van der Waals surface area contributed by atoms with Crippen LogP contribution in [0.4, 0.5) is 0 Å². The molecule has 3 rings (SSSR count). The molecule has 1 fully saturated rings. The van der Waals surface area contributed by atoms with Crippen molar-refractivity contribution in [3.8, 4) is 11.5 Å². The number of hydrogen-bond donors (Lipinski definition) is 1. The molecular weight excluding hydrogens is 361 g/mol. The molecule has 0 radical (unpaired) electrons. The number of amides is 1. The molecule has 25 heavy (non-hydrogen) atoms. The largest absolute Gasteiger partial charge is 0.493 e. The van der Waals surface area contributed by atoms with Crippen molar-refractivity contribution < 1.29 is 14.3 Å². The van der Waals surface area contributed by atoms with Crippen LogP contribution in [-0.2, 0) is 0 Å². The molecule has 1 aliphatic rings. The van der Waals surface area contributed by atoms with E-state index < -0.39 is 0 Å². The zero-order valence-electron chi connectivity index (χ0n) is 14.0. The predicted molar refractivity (Wildman–Crippen MR) is 98.9 cm³/mol. The first kappa shape index (κ1) is 17.9. The molecule has 2 aromatic carbocycles. The maximum Gasteiger partial charge on any atom is 0.251 e. The van der Waals surface area contributed by atoms with E-state index in [2.05, 4.69) is 5.32 Å². The second-order valence-corrected chi connectivity index (χ2v) is 6.88. The predicted octanol–water partition coefficient (Wildman–Crippen LogP) is 4.89. The number of halogens is 2.